The lowest BCUT2D eigenvalue weighted by molar-refractivity contribution is 0.235. The van der Waals surface area contributed by atoms with E-state index in [-0.39, 0.29) is 12.1 Å². The number of aromatic nitrogens is 1. The summed E-state index contributed by atoms with van der Waals surface area (Å²) in [7, 11) is 0. The van der Waals surface area contributed by atoms with Crippen molar-refractivity contribution in [1.29, 1.82) is 0 Å². The van der Waals surface area contributed by atoms with Gasteiger partial charge in [-0.15, -0.1) is 0 Å². The van der Waals surface area contributed by atoms with Crippen LogP contribution in [0.3, 0.4) is 0 Å². The van der Waals surface area contributed by atoms with E-state index in [0.29, 0.717) is 12.5 Å². The van der Waals surface area contributed by atoms with Crippen molar-refractivity contribution in [3.63, 3.8) is 0 Å². The van der Waals surface area contributed by atoms with Crippen LogP contribution >= 0.6 is 0 Å². The van der Waals surface area contributed by atoms with Crippen molar-refractivity contribution >= 4 is 11.8 Å². The first-order chi connectivity index (χ1) is 14.8. The predicted molar refractivity (Wildman–Crippen MR) is 120 cm³/mol. The fourth-order valence-corrected chi connectivity index (χ4v) is 3.98. The molecule has 1 aromatic heterocycles. The summed E-state index contributed by atoms with van der Waals surface area (Å²) in [5.41, 5.74) is 2.14. The molecule has 0 unspecified atom stereocenters. The number of nitrogens with zero attached hydrogens (tertiary/aromatic N) is 2. The number of hydrogen-bond donors (Lipinski definition) is 2. The van der Waals surface area contributed by atoms with Crippen molar-refractivity contribution in [2.24, 2.45) is 5.92 Å². The summed E-state index contributed by atoms with van der Waals surface area (Å²) in [5.74, 6) is 1.53. The van der Waals surface area contributed by atoms with Gasteiger partial charge in [-0.1, -0.05) is 66.7 Å². The van der Waals surface area contributed by atoms with E-state index in [4.69, 9.17) is 0 Å². The number of amides is 2. The van der Waals surface area contributed by atoms with Crippen LogP contribution in [-0.2, 0) is 0 Å². The average molecular weight is 401 g/mol. The Balaban J connectivity index is 1.30. The van der Waals surface area contributed by atoms with Crippen LogP contribution in [0.1, 0.15) is 30.0 Å². The topological polar surface area (TPSA) is 57.3 Å². The van der Waals surface area contributed by atoms with E-state index in [2.05, 4.69) is 26.6 Å². The lowest BCUT2D eigenvalue weighted by atomic mass is 9.96. The molecule has 0 saturated carbocycles. The lowest BCUT2D eigenvalue weighted by Crippen LogP contribution is -2.43. The van der Waals surface area contributed by atoms with E-state index >= 15 is 0 Å². The standard InChI is InChI=1S/C25H28N4O/c30-25(27-19-20-14-17-29(18-15-20)23-13-7-8-16-26-23)28-24(21-9-3-1-4-10-21)22-11-5-2-6-12-22/h1-13,16,20,24H,14-15,17-19H2,(H2,27,28,30). The number of pyridine rings is 1. The quantitative estimate of drug-likeness (QED) is 0.645. The molecule has 0 bridgehead atoms. The zero-order valence-corrected chi connectivity index (χ0v) is 17.1. The Morgan fingerprint density at radius 2 is 1.50 bits per heavy atom. The number of hydrogen-bond acceptors (Lipinski definition) is 3. The fraction of sp³-hybridized carbons (Fsp3) is 0.280. The largest absolute Gasteiger partial charge is 0.357 e. The highest BCUT2D eigenvalue weighted by molar-refractivity contribution is 5.75. The molecular weight excluding hydrogens is 372 g/mol. The molecule has 1 saturated heterocycles. The van der Waals surface area contributed by atoms with Crippen LogP contribution < -0.4 is 15.5 Å². The Bertz CT molecular complexity index is 870. The zero-order valence-electron chi connectivity index (χ0n) is 17.1. The number of anilines is 1. The van der Waals surface area contributed by atoms with Crippen molar-refractivity contribution in [2.75, 3.05) is 24.5 Å². The second-order valence-electron chi connectivity index (χ2n) is 7.73. The van der Waals surface area contributed by atoms with Crippen LogP contribution in [0.2, 0.25) is 0 Å². The van der Waals surface area contributed by atoms with Crippen LogP contribution in [0, 0.1) is 5.92 Å². The van der Waals surface area contributed by atoms with E-state index in [1.807, 2.05) is 79.0 Å². The average Bonchev–Trinajstić information content (AvgIpc) is 2.83. The molecule has 5 nitrogen and oxygen atoms in total. The molecule has 0 radical (unpaired) electrons. The normalized spacial score (nSPS) is 14.5. The van der Waals surface area contributed by atoms with Crippen LogP contribution in [0.5, 0.6) is 0 Å². The summed E-state index contributed by atoms with van der Waals surface area (Å²) < 4.78 is 0. The number of carbonyl (C=O) groups is 1. The van der Waals surface area contributed by atoms with Gasteiger partial charge in [-0.05, 0) is 42.0 Å². The molecule has 5 heteroatoms. The van der Waals surface area contributed by atoms with Gasteiger partial charge < -0.3 is 15.5 Å². The highest BCUT2D eigenvalue weighted by Crippen LogP contribution is 2.23. The molecule has 1 fully saturated rings. The predicted octanol–water partition coefficient (Wildman–Crippen LogP) is 4.39. The first-order valence-corrected chi connectivity index (χ1v) is 10.6. The van der Waals surface area contributed by atoms with Crippen LogP contribution in [0.15, 0.2) is 85.1 Å². The van der Waals surface area contributed by atoms with Crippen molar-refractivity contribution in [3.8, 4) is 0 Å². The second-order valence-corrected chi connectivity index (χ2v) is 7.73. The third-order valence-electron chi connectivity index (χ3n) is 5.68. The van der Waals surface area contributed by atoms with Crippen LogP contribution in [-0.4, -0.2) is 30.6 Å². The third-order valence-corrected chi connectivity index (χ3v) is 5.68. The van der Waals surface area contributed by atoms with Crippen LogP contribution in [0.25, 0.3) is 0 Å². The van der Waals surface area contributed by atoms with Gasteiger partial charge in [0.2, 0.25) is 0 Å². The number of benzene rings is 2. The number of nitrogens with one attached hydrogen (secondary N) is 2. The highest BCUT2D eigenvalue weighted by atomic mass is 16.2. The van der Waals surface area contributed by atoms with E-state index in [1.165, 1.54) is 0 Å². The molecule has 2 N–H and O–H groups in total. The zero-order chi connectivity index (χ0) is 20.6. The fourth-order valence-electron chi connectivity index (χ4n) is 3.98. The number of rotatable bonds is 6. The van der Waals surface area contributed by atoms with Crippen LogP contribution in [0.4, 0.5) is 10.6 Å². The maximum Gasteiger partial charge on any atom is 0.315 e. The summed E-state index contributed by atoms with van der Waals surface area (Å²) in [6, 6.07) is 25.9. The van der Waals surface area contributed by atoms with E-state index in [9.17, 15) is 4.79 Å². The molecule has 0 atom stereocenters. The second kappa shape index (κ2) is 9.92. The van der Waals surface area contributed by atoms with Gasteiger partial charge in [0.25, 0.3) is 0 Å². The molecule has 2 heterocycles. The van der Waals surface area contributed by atoms with Gasteiger partial charge >= 0.3 is 6.03 Å². The minimum Gasteiger partial charge on any atom is -0.357 e. The van der Waals surface area contributed by atoms with Gasteiger partial charge in [0.15, 0.2) is 0 Å². The van der Waals surface area contributed by atoms with Gasteiger partial charge in [-0.3, -0.25) is 0 Å². The molecule has 2 aromatic carbocycles. The van der Waals surface area contributed by atoms with E-state index in [0.717, 1.165) is 42.9 Å². The summed E-state index contributed by atoms with van der Waals surface area (Å²) in [5, 5.41) is 6.25. The highest BCUT2D eigenvalue weighted by Gasteiger charge is 2.21. The molecular formula is C25H28N4O. The minimum absolute atomic E-state index is 0.125. The molecule has 1 aliphatic rings. The molecule has 154 valence electrons. The number of urea groups is 1. The van der Waals surface area contributed by atoms with Gasteiger partial charge in [-0.25, -0.2) is 9.78 Å². The number of piperidine rings is 1. The van der Waals surface area contributed by atoms with Gasteiger partial charge in [-0.2, -0.15) is 0 Å². The molecule has 30 heavy (non-hydrogen) atoms. The Morgan fingerprint density at radius 1 is 0.900 bits per heavy atom. The van der Waals surface area contributed by atoms with Crippen molar-refractivity contribution in [1.82, 2.24) is 15.6 Å². The Morgan fingerprint density at radius 3 is 2.07 bits per heavy atom. The monoisotopic (exact) mass is 400 g/mol. The first kappa shape index (κ1) is 20.0. The summed E-state index contributed by atoms with van der Waals surface area (Å²) in [6.07, 6.45) is 3.94. The van der Waals surface area contributed by atoms with Gasteiger partial charge in [0.1, 0.15) is 5.82 Å². The molecule has 1 aliphatic heterocycles. The lowest BCUT2D eigenvalue weighted by Gasteiger charge is -2.33. The SMILES string of the molecule is O=C(NCC1CCN(c2ccccn2)CC1)NC(c1ccccc1)c1ccccc1. The minimum atomic E-state index is -0.168. The summed E-state index contributed by atoms with van der Waals surface area (Å²) >= 11 is 0. The Hall–Kier alpha value is -3.34. The molecule has 2 amide bonds. The van der Waals surface area contributed by atoms with Crippen molar-refractivity contribution < 1.29 is 4.79 Å². The van der Waals surface area contributed by atoms with Gasteiger partial charge in [0.05, 0.1) is 6.04 Å². The van der Waals surface area contributed by atoms with E-state index < -0.39 is 0 Å². The Labute approximate surface area is 178 Å². The maximum atomic E-state index is 12.7. The van der Waals surface area contributed by atoms with E-state index in [1.54, 1.807) is 0 Å². The molecule has 4 rings (SSSR count). The molecule has 0 spiro atoms. The Kier molecular flexibility index (Phi) is 6.60. The number of carbonyl (C=O) groups excluding carboxylic acids is 1. The van der Waals surface area contributed by atoms with Crippen molar-refractivity contribution in [2.45, 2.75) is 18.9 Å². The van der Waals surface area contributed by atoms with Gasteiger partial charge in [0, 0.05) is 25.8 Å². The third kappa shape index (κ3) is 5.17. The molecule has 0 aliphatic carbocycles. The van der Waals surface area contributed by atoms with Crippen molar-refractivity contribution in [3.05, 3.63) is 96.2 Å². The summed E-state index contributed by atoms with van der Waals surface area (Å²) in [6.45, 7) is 2.64. The molecule has 3 aromatic rings. The first-order valence-electron chi connectivity index (χ1n) is 10.6. The smallest absolute Gasteiger partial charge is 0.315 e. The summed E-state index contributed by atoms with van der Waals surface area (Å²) in [4.78, 5) is 19.4. The maximum absolute atomic E-state index is 12.7.